The Bertz CT molecular complexity index is 736. The monoisotopic (exact) mass is 348 g/mol. The van der Waals surface area contributed by atoms with Gasteiger partial charge in [0, 0.05) is 5.02 Å². The Kier molecular flexibility index (Phi) is 6.03. The number of nitrogens with one attached hydrogen (secondary N) is 2. The molecule has 0 aliphatic rings. The van der Waals surface area contributed by atoms with Crippen molar-refractivity contribution in [2.24, 2.45) is 0 Å². The number of ether oxygens (including phenoxy) is 2. The van der Waals surface area contributed by atoms with Crippen molar-refractivity contribution in [3.05, 3.63) is 59.1 Å². The second kappa shape index (κ2) is 8.21. The number of benzene rings is 2. The third-order valence-electron chi connectivity index (χ3n) is 3.13. The molecule has 0 saturated heterocycles. The van der Waals surface area contributed by atoms with Crippen LogP contribution in [-0.2, 0) is 4.79 Å². The zero-order chi connectivity index (χ0) is 17.5. The van der Waals surface area contributed by atoms with Gasteiger partial charge < -0.3 is 9.47 Å². The second-order valence-corrected chi connectivity index (χ2v) is 5.30. The van der Waals surface area contributed by atoms with Gasteiger partial charge in [-0.15, -0.1) is 0 Å². The molecule has 2 amide bonds. The van der Waals surface area contributed by atoms with E-state index in [1.165, 1.54) is 7.11 Å². The molecule has 0 spiro atoms. The number of para-hydroxylation sites is 1. The van der Waals surface area contributed by atoms with E-state index in [0.717, 1.165) is 0 Å². The van der Waals surface area contributed by atoms with Crippen molar-refractivity contribution >= 4 is 23.4 Å². The Morgan fingerprint density at radius 3 is 2.54 bits per heavy atom. The first-order valence-corrected chi connectivity index (χ1v) is 7.54. The van der Waals surface area contributed by atoms with E-state index in [0.29, 0.717) is 22.1 Å². The van der Waals surface area contributed by atoms with E-state index in [2.05, 4.69) is 10.9 Å². The van der Waals surface area contributed by atoms with Crippen molar-refractivity contribution in [3.8, 4) is 11.5 Å². The van der Waals surface area contributed by atoms with Gasteiger partial charge in [0.15, 0.2) is 6.10 Å². The van der Waals surface area contributed by atoms with Gasteiger partial charge in [-0.2, -0.15) is 0 Å². The predicted octanol–water partition coefficient (Wildman–Crippen LogP) is 2.58. The zero-order valence-corrected chi connectivity index (χ0v) is 14.0. The zero-order valence-electron chi connectivity index (χ0n) is 13.2. The summed E-state index contributed by atoms with van der Waals surface area (Å²) in [5.74, 6) is -0.123. The third-order valence-corrected chi connectivity index (χ3v) is 3.36. The molecule has 0 heterocycles. The summed E-state index contributed by atoms with van der Waals surface area (Å²) in [6, 6.07) is 13.4. The van der Waals surface area contributed by atoms with Crippen LogP contribution in [0, 0.1) is 0 Å². The maximum absolute atomic E-state index is 12.1. The van der Waals surface area contributed by atoms with Crippen LogP contribution in [0.25, 0.3) is 0 Å². The van der Waals surface area contributed by atoms with E-state index in [9.17, 15) is 9.59 Å². The number of hydrogen-bond donors (Lipinski definition) is 2. The number of methoxy groups -OCH3 is 1. The van der Waals surface area contributed by atoms with E-state index >= 15 is 0 Å². The quantitative estimate of drug-likeness (QED) is 0.814. The summed E-state index contributed by atoms with van der Waals surface area (Å²) in [6.07, 6.45) is -0.818. The average Bonchev–Trinajstić information content (AvgIpc) is 2.59. The molecule has 0 aliphatic heterocycles. The van der Waals surface area contributed by atoms with E-state index in [-0.39, 0.29) is 0 Å². The minimum atomic E-state index is -0.818. The van der Waals surface area contributed by atoms with Gasteiger partial charge in [-0.1, -0.05) is 29.8 Å². The molecule has 6 nitrogen and oxygen atoms in total. The number of amides is 2. The summed E-state index contributed by atoms with van der Waals surface area (Å²) in [5, 5.41) is 0.504. The normalized spacial score (nSPS) is 11.3. The highest BCUT2D eigenvalue weighted by atomic mass is 35.5. The lowest BCUT2D eigenvalue weighted by Gasteiger charge is -2.15. The van der Waals surface area contributed by atoms with Crippen LogP contribution < -0.4 is 20.3 Å². The first-order valence-electron chi connectivity index (χ1n) is 7.16. The molecule has 7 heteroatoms. The average molecular weight is 349 g/mol. The second-order valence-electron chi connectivity index (χ2n) is 4.86. The molecule has 0 aliphatic carbocycles. The largest absolute Gasteiger partial charge is 0.496 e. The topological polar surface area (TPSA) is 76.7 Å². The summed E-state index contributed by atoms with van der Waals surface area (Å²) < 4.78 is 10.6. The SMILES string of the molecule is COc1ccccc1C(=O)NNC(=O)[C@@H](C)Oc1cccc(Cl)c1. The Balaban J connectivity index is 1.91. The van der Waals surface area contributed by atoms with E-state index in [1.807, 2.05) is 0 Å². The lowest BCUT2D eigenvalue weighted by molar-refractivity contribution is -0.128. The molecule has 0 fully saturated rings. The molecule has 0 radical (unpaired) electrons. The fourth-order valence-electron chi connectivity index (χ4n) is 1.92. The van der Waals surface area contributed by atoms with Crippen molar-refractivity contribution in [3.63, 3.8) is 0 Å². The van der Waals surface area contributed by atoms with E-state index in [4.69, 9.17) is 21.1 Å². The highest BCUT2D eigenvalue weighted by molar-refractivity contribution is 6.30. The minimum Gasteiger partial charge on any atom is -0.496 e. The van der Waals surface area contributed by atoms with Gasteiger partial charge in [-0.3, -0.25) is 20.4 Å². The Morgan fingerprint density at radius 2 is 1.83 bits per heavy atom. The van der Waals surface area contributed by atoms with Crippen molar-refractivity contribution < 1.29 is 19.1 Å². The number of halogens is 1. The molecule has 0 saturated carbocycles. The van der Waals surface area contributed by atoms with Gasteiger partial charge in [0.2, 0.25) is 0 Å². The number of carbonyl (C=O) groups is 2. The van der Waals surface area contributed by atoms with E-state index < -0.39 is 17.9 Å². The van der Waals surface area contributed by atoms with Gasteiger partial charge in [0.25, 0.3) is 11.8 Å². The first-order chi connectivity index (χ1) is 11.5. The first kappa shape index (κ1) is 17.6. The lowest BCUT2D eigenvalue weighted by Crippen LogP contribution is -2.47. The number of carbonyl (C=O) groups excluding carboxylic acids is 2. The summed E-state index contributed by atoms with van der Waals surface area (Å²) in [6.45, 7) is 1.56. The third kappa shape index (κ3) is 4.63. The van der Waals surface area contributed by atoms with Crippen LogP contribution in [-0.4, -0.2) is 25.0 Å². The molecular formula is C17H17ClN2O4. The lowest BCUT2D eigenvalue weighted by atomic mass is 10.2. The number of rotatable bonds is 5. The summed E-state index contributed by atoms with van der Waals surface area (Å²) in [5.41, 5.74) is 4.95. The van der Waals surface area contributed by atoms with Crippen LogP contribution in [0.5, 0.6) is 11.5 Å². The molecule has 126 valence electrons. The van der Waals surface area contributed by atoms with Crippen molar-refractivity contribution in [1.82, 2.24) is 10.9 Å². The van der Waals surface area contributed by atoms with Crippen LogP contribution in [0.4, 0.5) is 0 Å². The van der Waals surface area contributed by atoms with Crippen LogP contribution in [0.15, 0.2) is 48.5 Å². The number of hydrazine groups is 1. The van der Waals surface area contributed by atoms with Crippen LogP contribution in [0.3, 0.4) is 0 Å². The minimum absolute atomic E-state index is 0.309. The standard InChI is InChI=1S/C17H17ClN2O4/c1-11(24-13-7-5-6-12(18)10-13)16(21)19-20-17(22)14-8-3-4-9-15(14)23-2/h3-11H,1-2H3,(H,19,21)(H,20,22)/t11-/m1/s1. The maximum atomic E-state index is 12.1. The molecule has 24 heavy (non-hydrogen) atoms. The molecule has 0 bridgehead atoms. The maximum Gasteiger partial charge on any atom is 0.279 e. The predicted molar refractivity (Wildman–Crippen MR) is 90.1 cm³/mol. The summed E-state index contributed by atoms with van der Waals surface area (Å²) in [4.78, 5) is 24.1. The molecule has 1 atom stereocenters. The van der Waals surface area contributed by atoms with Crippen molar-refractivity contribution in [2.75, 3.05) is 7.11 Å². The smallest absolute Gasteiger partial charge is 0.279 e. The van der Waals surface area contributed by atoms with Gasteiger partial charge >= 0.3 is 0 Å². The van der Waals surface area contributed by atoms with Crippen LogP contribution >= 0.6 is 11.6 Å². The van der Waals surface area contributed by atoms with Gasteiger partial charge in [0.05, 0.1) is 12.7 Å². The molecule has 2 aromatic carbocycles. The van der Waals surface area contributed by atoms with E-state index in [1.54, 1.807) is 55.5 Å². The Labute approximate surface area is 144 Å². The van der Waals surface area contributed by atoms with Crippen LogP contribution in [0.2, 0.25) is 5.02 Å². The summed E-state index contributed by atoms with van der Waals surface area (Å²) in [7, 11) is 1.46. The summed E-state index contributed by atoms with van der Waals surface area (Å²) >= 11 is 5.86. The van der Waals surface area contributed by atoms with Gasteiger partial charge in [-0.05, 0) is 37.3 Å². The highest BCUT2D eigenvalue weighted by Gasteiger charge is 2.17. The Hall–Kier alpha value is -2.73. The fraction of sp³-hybridized carbons (Fsp3) is 0.176. The molecule has 2 rings (SSSR count). The number of hydrogen-bond acceptors (Lipinski definition) is 4. The molecule has 0 unspecified atom stereocenters. The Morgan fingerprint density at radius 1 is 1.08 bits per heavy atom. The molecule has 2 N–H and O–H groups in total. The van der Waals surface area contributed by atoms with Crippen molar-refractivity contribution in [1.29, 1.82) is 0 Å². The fourth-order valence-corrected chi connectivity index (χ4v) is 2.10. The molecule has 0 aromatic heterocycles. The van der Waals surface area contributed by atoms with Crippen molar-refractivity contribution in [2.45, 2.75) is 13.0 Å². The highest BCUT2D eigenvalue weighted by Crippen LogP contribution is 2.18. The van der Waals surface area contributed by atoms with Crippen LogP contribution in [0.1, 0.15) is 17.3 Å². The molecule has 2 aromatic rings. The molecular weight excluding hydrogens is 332 g/mol. The van der Waals surface area contributed by atoms with Gasteiger partial charge in [-0.25, -0.2) is 0 Å². The van der Waals surface area contributed by atoms with Gasteiger partial charge in [0.1, 0.15) is 11.5 Å².